The van der Waals surface area contributed by atoms with Crippen molar-refractivity contribution in [2.75, 3.05) is 12.3 Å². The van der Waals surface area contributed by atoms with Crippen molar-refractivity contribution in [2.45, 2.75) is 13.0 Å². The number of nitrogens with two attached hydrogens (primary N) is 1. The van der Waals surface area contributed by atoms with Crippen molar-refractivity contribution in [3.8, 4) is 5.75 Å². The van der Waals surface area contributed by atoms with Crippen molar-refractivity contribution >= 4 is 28.9 Å². The lowest BCUT2D eigenvalue weighted by Gasteiger charge is -2.09. The van der Waals surface area contributed by atoms with Gasteiger partial charge in [-0.3, -0.25) is 4.79 Å². The minimum absolute atomic E-state index is 0.120. The van der Waals surface area contributed by atoms with Gasteiger partial charge in [0.25, 0.3) is 5.56 Å². The van der Waals surface area contributed by atoms with E-state index in [2.05, 4.69) is 0 Å². The number of aromatic nitrogens is 1. The highest BCUT2D eigenvalue weighted by Gasteiger charge is 2.03. The van der Waals surface area contributed by atoms with E-state index in [1.807, 2.05) is 12.1 Å². The third-order valence-electron chi connectivity index (χ3n) is 2.68. The van der Waals surface area contributed by atoms with E-state index < -0.39 is 0 Å². The third-order valence-corrected chi connectivity index (χ3v) is 3.16. The van der Waals surface area contributed by atoms with Crippen LogP contribution in [0.4, 0.5) is 5.69 Å². The minimum Gasteiger partial charge on any atom is -0.493 e. The van der Waals surface area contributed by atoms with Gasteiger partial charge in [0.2, 0.25) is 0 Å². The van der Waals surface area contributed by atoms with Gasteiger partial charge in [0.1, 0.15) is 10.8 Å². The van der Waals surface area contributed by atoms with Crippen molar-refractivity contribution in [1.29, 1.82) is 0 Å². The summed E-state index contributed by atoms with van der Waals surface area (Å²) in [6.07, 6.45) is 2.22. The lowest BCUT2D eigenvalue weighted by atomic mass is 10.3. The molecule has 106 valence electrons. The second kappa shape index (κ2) is 6.68. The van der Waals surface area contributed by atoms with Gasteiger partial charge in [-0.2, -0.15) is 0 Å². The number of nitrogen functional groups attached to an aromatic ring is 1. The molecule has 0 aliphatic heterocycles. The summed E-state index contributed by atoms with van der Waals surface area (Å²) in [6, 6.07) is 8.64. The Bertz CT molecular complexity index is 656. The molecule has 1 aromatic heterocycles. The maximum atomic E-state index is 11.7. The van der Waals surface area contributed by atoms with Gasteiger partial charge in [0.05, 0.1) is 11.6 Å². The first-order valence-electron chi connectivity index (χ1n) is 6.10. The molecule has 20 heavy (non-hydrogen) atoms. The second-order valence-corrected chi connectivity index (χ2v) is 5.12. The molecule has 0 unspecified atom stereocenters. The van der Waals surface area contributed by atoms with Crippen LogP contribution in [0.15, 0.2) is 41.3 Å². The van der Waals surface area contributed by atoms with Gasteiger partial charge in [-0.05, 0) is 24.6 Å². The van der Waals surface area contributed by atoms with Crippen LogP contribution in [0.2, 0.25) is 10.0 Å². The van der Waals surface area contributed by atoms with E-state index in [9.17, 15) is 4.79 Å². The van der Waals surface area contributed by atoms with Crippen molar-refractivity contribution in [3.05, 3.63) is 56.9 Å². The lowest BCUT2D eigenvalue weighted by molar-refractivity contribution is 0.301. The van der Waals surface area contributed by atoms with Gasteiger partial charge in [0.15, 0.2) is 0 Å². The van der Waals surface area contributed by atoms with E-state index in [1.165, 1.54) is 10.6 Å². The summed E-state index contributed by atoms with van der Waals surface area (Å²) >= 11 is 11.6. The topological polar surface area (TPSA) is 57.2 Å². The predicted octanol–water partition coefficient (Wildman–Crippen LogP) is 3.21. The minimum atomic E-state index is -0.250. The molecular formula is C14H14Cl2N2O2. The highest BCUT2D eigenvalue weighted by Crippen LogP contribution is 2.15. The van der Waals surface area contributed by atoms with Crippen LogP contribution in [0, 0.1) is 0 Å². The second-order valence-electron chi connectivity index (χ2n) is 4.28. The van der Waals surface area contributed by atoms with Crippen LogP contribution in [0.1, 0.15) is 6.42 Å². The summed E-state index contributed by atoms with van der Waals surface area (Å²) in [5.74, 6) is 0.710. The molecule has 0 saturated carbocycles. The van der Waals surface area contributed by atoms with Crippen molar-refractivity contribution in [3.63, 3.8) is 0 Å². The molecule has 2 rings (SSSR count). The molecule has 1 aromatic carbocycles. The monoisotopic (exact) mass is 312 g/mol. The van der Waals surface area contributed by atoms with Crippen LogP contribution in [-0.4, -0.2) is 11.2 Å². The number of nitrogens with zero attached hydrogens (tertiary/aromatic N) is 1. The van der Waals surface area contributed by atoms with E-state index in [0.29, 0.717) is 36.0 Å². The Morgan fingerprint density at radius 3 is 2.80 bits per heavy atom. The molecule has 0 saturated heterocycles. The zero-order valence-corrected chi connectivity index (χ0v) is 12.2. The average Bonchev–Trinajstić information content (AvgIpc) is 2.40. The Morgan fingerprint density at radius 1 is 1.25 bits per heavy atom. The molecule has 2 N–H and O–H groups in total. The number of halogens is 2. The van der Waals surface area contributed by atoms with Crippen LogP contribution >= 0.6 is 23.2 Å². The van der Waals surface area contributed by atoms with Crippen LogP contribution in [0.3, 0.4) is 0 Å². The maximum Gasteiger partial charge on any atom is 0.269 e. The molecule has 0 aliphatic rings. The summed E-state index contributed by atoms with van der Waals surface area (Å²) in [5, 5.41) is 0.556. The first kappa shape index (κ1) is 14.8. The number of anilines is 1. The lowest BCUT2D eigenvalue weighted by Crippen LogP contribution is -2.20. The van der Waals surface area contributed by atoms with Crippen molar-refractivity contribution < 1.29 is 4.74 Å². The normalized spacial score (nSPS) is 10.5. The summed E-state index contributed by atoms with van der Waals surface area (Å²) in [4.78, 5) is 11.7. The molecule has 4 nitrogen and oxygen atoms in total. The molecule has 0 aliphatic carbocycles. The fourth-order valence-corrected chi connectivity index (χ4v) is 2.27. The smallest absolute Gasteiger partial charge is 0.269 e. The molecule has 0 radical (unpaired) electrons. The number of hydrogen-bond acceptors (Lipinski definition) is 3. The van der Waals surface area contributed by atoms with E-state index in [4.69, 9.17) is 33.7 Å². The fourth-order valence-electron chi connectivity index (χ4n) is 1.76. The molecule has 6 heteroatoms. The molecule has 0 fully saturated rings. The fraction of sp³-hybridized carbons (Fsp3) is 0.214. The first-order chi connectivity index (χ1) is 9.56. The first-order valence-corrected chi connectivity index (χ1v) is 6.85. The summed E-state index contributed by atoms with van der Waals surface area (Å²) in [7, 11) is 0. The van der Waals surface area contributed by atoms with Crippen molar-refractivity contribution in [2.24, 2.45) is 0 Å². The number of rotatable bonds is 5. The molecule has 0 amide bonds. The van der Waals surface area contributed by atoms with Crippen molar-refractivity contribution in [1.82, 2.24) is 4.57 Å². The van der Waals surface area contributed by atoms with Gasteiger partial charge >= 0.3 is 0 Å². The SMILES string of the molecule is Nc1cccc(OCCCn2cc(Cl)cc(Cl)c2=O)c1. The van der Waals surface area contributed by atoms with Gasteiger partial charge < -0.3 is 15.0 Å². The van der Waals surface area contributed by atoms with E-state index in [0.717, 1.165) is 0 Å². The predicted molar refractivity (Wildman–Crippen MR) is 81.7 cm³/mol. The summed E-state index contributed by atoms with van der Waals surface area (Å²) < 4.78 is 7.03. The van der Waals surface area contributed by atoms with E-state index in [1.54, 1.807) is 18.3 Å². The molecule has 0 spiro atoms. The number of benzene rings is 1. The quantitative estimate of drug-likeness (QED) is 0.681. The number of pyridine rings is 1. The highest BCUT2D eigenvalue weighted by atomic mass is 35.5. The highest BCUT2D eigenvalue weighted by molar-refractivity contribution is 6.34. The molecule has 0 atom stereocenters. The summed E-state index contributed by atoms with van der Waals surface area (Å²) in [5.41, 5.74) is 6.06. The Hall–Kier alpha value is -1.65. The Morgan fingerprint density at radius 2 is 2.05 bits per heavy atom. The Labute approximate surface area is 126 Å². The van der Waals surface area contributed by atoms with Gasteiger partial charge in [-0.15, -0.1) is 0 Å². The standard InChI is InChI=1S/C14H14Cl2N2O2/c15-10-7-13(16)14(19)18(9-10)5-2-6-20-12-4-1-3-11(17)8-12/h1,3-4,7-9H,2,5-6,17H2. The number of aryl methyl sites for hydroxylation is 1. The van der Waals surface area contributed by atoms with Gasteiger partial charge in [-0.1, -0.05) is 29.3 Å². The largest absolute Gasteiger partial charge is 0.493 e. The molecule has 1 heterocycles. The average molecular weight is 313 g/mol. The molecule has 0 bridgehead atoms. The van der Waals surface area contributed by atoms with Gasteiger partial charge in [0, 0.05) is 24.5 Å². The zero-order chi connectivity index (χ0) is 14.5. The van der Waals surface area contributed by atoms with Crippen LogP contribution in [0.25, 0.3) is 0 Å². The maximum absolute atomic E-state index is 11.7. The molecular weight excluding hydrogens is 299 g/mol. The van der Waals surface area contributed by atoms with Gasteiger partial charge in [-0.25, -0.2) is 0 Å². The summed E-state index contributed by atoms with van der Waals surface area (Å²) in [6.45, 7) is 0.960. The Balaban J connectivity index is 1.89. The van der Waals surface area contributed by atoms with E-state index in [-0.39, 0.29) is 10.6 Å². The zero-order valence-electron chi connectivity index (χ0n) is 10.7. The van der Waals surface area contributed by atoms with E-state index >= 15 is 0 Å². The number of hydrogen-bond donors (Lipinski definition) is 1. The van der Waals surface area contributed by atoms with Crippen LogP contribution < -0.4 is 16.0 Å². The number of ether oxygens (including phenoxy) is 1. The van der Waals surface area contributed by atoms with Crippen LogP contribution in [-0.2, 0) is 6.54 Å². The third kappa shape index (κ3) is 3.92. The Kier molecular flexibility index (Phi) is 4.93. The van der Waals surface area contributed by atoms with Crippen LogP contribution in [0.5, 0.6) is 5.75 Å². The molecule has 2 aromatic rings.